The van der Waals surface area contributed by atoms with E-state index in [0.29, 0.717) is 5.41 Å². The Balaban J connectivity index is 2.38. The Kier molecular flexibility index (Phi) is 6.50. The third-order valence-electron chi connectivity index (χ3n) is 8.25. The van der Waals surface area contributed by atoms with E-state index < -0.39 is 0 Å². The van der Waals surface area contributed by atoms with Crippen molar-refractivity contribution in [1.29, 1.82) is 0 Å². The Morgan fingerprint density at radius 1 is 1.09 bits per heavy atom. The summed E-state index contributed by atoms with van der Waals surface area (Å²) in [6.07, 6.45) is 10.5. The normalized spacial score (nSPS) is 33.0. The first kappa shape index (κ1) is 20.0. The zero-order valence-electron chi connectivity index (χ0n) is 15.8. The van der Waals surface area contributed by atoms with Gasteiger partial charge in [0.15, 0.2) is 0 Å². The number of rotatable bonds is 9. The van der Waals surface area contributed by atoms with E-state index in [9.17, 15) is 0 Å². The first-order valence-corrected chi connectivity index (χ1v) is 11.4. The molecule has 2 nitrogen and oxygen atoms in total. The van der Waals surface area contributed by atoms with Crippen LogP contribution in [0.3, 0.4) is 0 Å². The minimum absolute atomic E-state index is 0.0232. The van der Waals surface area contributed by atoms with E-state index in [0.717, 1.165) is 30.7 Å². The summed E-state index contributed by atoms with van der Waals surface area (Å²) in [5.74, 6) is 2.54. The third kappa shape index (κ3) is 3.12. The van der Waals surface area contributed by atoms with E-state index in [-0.39, 0.29) is 11.0 Å². The number of unbranched alkanes of at least 4 members (excludes halogenated alkanes) is 1. The summed E-state index contributed by atoms with van der Waals surface area (Å²) in [5, 5.41) is 0. The molecule has 2 fully saturated rings. The molecule has 0 aromatic heterocycles. The van der Waals surface area contributed by atoms with Gasteiger partial charge in [-0.25, -0.2) is 0 Å². The molecule has 3 heteroatoms. The van der Waals surface area contributed by atoms with Crippen LogP contribution in [0.4, 0.5) is 0 Å². The lowest BCUT2D eigenvalue weighted by atomic mass is 9.40. The molecule has 2 rings (SSSR count). The van der Waals surface area contributed by atoms with Gasteiger partial charge in [0.1, 0.15) is 0 Å². The van der Waals surface area contributed by atoms with E-state index in [1.807, 2.05) is 0 Å². The second-order valence-electron chi connectivity index (χ2n) is 9.07. The molecule has 23 heavy (non-hydrogen) atoms. The molecule has 2 aliphatic carbocycles. The van der Waals surface area contributed by atoms with Crippen molar-refractivity contribution in [2.45, 2.75) is 84.6 Å². The van der Waals surface area contributed by atoms with Gasteiger partial charge in [0.05, 0.1) is 0 Å². The van der Waals surface area contributed by atoms with Crippen molar-refractivity contribution in [1.82, 2.24) is 0 Å². The fourth-order valence-corrected chi connectivity index (χ4v) is 6.66. The second-order valence-corrected chi connectivity index (χ2v) is 9.95. The topological polar surface area (TPSA) is 52.0 Å². The Morgan fingerprint density at radius 3 is 2.09 bits per heavy atom. The van der Waals surface area contributed by atoms with E-state index in [1.165, 1.54) is 49.4 Å². The standard InChI is InChI=1S/C20H39IN2/c1-5-6-12-19(3,23)18(2,14-22)20(4,16-8-7-9-16)17-11-10-15(17)13-21/h15-17H,5-14,22-23H2,1-4H3. The van der Waals surface area contributed by atoms with Gasteiger partial charge in [0.2, 0.25) is 0 Å². The molecule has 0 bridgehead atoms. The monoisotopic (exact) mass is 434 g/mol. The lowest BCUT2D eigenvalue weighted by Gasteiger charge is -2.66. The summed E-state index contributed by atoms with van der Waals surface area (Å²) in [5.41, 5.74) is 13.7. The van der Waals surface area contributed by atoms with E-state index in [2.05, 4.69) is 50.3 Å². The summed E-state index contributed by atoms with van der Waals surface area (Å²) in [7, 11) is 0. The largest absolute Gasteiger partial charge is 0.330 e. The Labute approximate surface area is 158 Å². The highest BCUT2D eigenvalue weighted by molar-refractivity contribution is 14.1. The van der Waals surface area contributed by atoms with Crippen LogP contribution in [0, 0.1) is 28.6 Å². The first-order valence-electron chi connectivity index (χ1n) is 9.83. The lowest BCUT2D eigenvalue weighted by molar-refractivity contribution is -0.150. The molecule has 0 aromatic rings. The molecule has 0 spiro atoms. The highest BCUT2D eigenvalue weighted by Gasteiger charge is 2.62. The van der Waals surface area contributed by atoms with Crippen LogP contribution in [-0.4, -0.2) is 16.5 Å². The van der Waals surface area contributed by atoms with E-state index >= 15 is 0 Å². The minimum Gasteiger partial charge on any atom is -0.330 e. The zero-order valence-corrected chi connectivity index (χ0v) is 18.0. The molecular weight excluding hydrogens is 395 g/mol. The van der Waals surface area contributed by atoms with Crippen LogP contribution in [-0.2, 0) is 0 Å². The van der Waals surface area contributed by atoms with Crippen LogP contribution in [0.15, 0.2) is 0 Å². The molecule has 5 atom stereocenters. The first-order chi connectivity index (χ1) is 10.8. The predicted molar refractivity (Wildman–Crippen MR) is 110 cm³/mol. The Bertz CT molecular complexity index is 391. The zero-order chi connectivity index (χ0) is 17.3. The molecule has 0 heterocycles. The van der Waals surface area contributed by atoms with Gasteiger partial charge in [-0.15, -0.1) is 0 Å². The molecule has 136 valence electrons. The Hall–Kier alpha value is 0.650. The average Bonchev–Trinajstić information content (AvgIpc) is 2.41. The van der Waals surface area contributed by atoms with Crippen LogP contribution in [0.5, 0.6) is 0 Å². The van der Waals surface area contributed by atoms with Gasteiger partial charge in [-0.3, -0.25) is 0 Å². The van der Waals surface area contributed by atoms with Crippen LogP contribution in [0.2, 0.25) is 0 Å². The van der Waals surface area contributed by atoms with Crippen molar-refractivity contribution >= 4 is 22.6 Å². The van der Waals surface area contributed by atoms with Crippen molar-refractivity contribution in [3.63, 3.8) is 0 Å². The van der Waals surface area contributed by atoms with Gasteiger partial charge in [-0.05, 0) is 68.7 Å². The molecule has 4 N–H and O–H groups in total. The second kappa shape index (κ2) is 7.49. The molecule has 2 aliphatic rings. The maximum absolute atomic E-state index is 7.02. The predicted octanol–water partition coefficient (Wildman–Crippen LogP) is 5.13. The smallest absolute Gasteiger partial charge is 0.0197 e. The summed E-state index contributed by atoms with van der Waals surface area (Å²) in [4.78, 5) is 0. The maximum Gasteiger partial charge on any atom is 0.0197 e. The van der Waals surface area contributed by atoms with Crippen molar-refractivity contribution in [3.05, 3.63) is 0 Å². The summed E-state index contributed by atoms with van der Waals surface area (Å²) in [6.45, 7) is 10.3. The fraction of sp³-hybridized carbons (Fsp3) is 1.00. The van der Waals surface area contributed by atoms with Gasteiger partial charge in [0.25, 0.3) is 0 Å². The SMILES string of the molecule is CCCCC(C)(N)C(C)(CN)C(C)(C1CCC1)C1CCC1CI. The highest BCUT2D eigenvalue weighted by atomic mass is 127. The quantitative estimate of drug-likeness (QED) is 0.391. The number of halogens is 1. The van der Waals surface area contributed by atoms with Crippen molar-refractivity contribution in [3.8, 4) is 0 Å². The number of hydrogen-bond acceptors (Lipinski definition) is 2. The van der Waals surface area contributed by atoms with Gasteiger partial charge in [-0.2, -0.15) is 0 Å². The van der Waals surface area contributed by atoms with Gasteiger partial charge < -0.3 is 11.5 Å². The highest BCUT2D eigenvalue weighted by Crippen LogP contribution is 2.65. The van der Waals surface area contributed by atoms with E-state index in [1.54, 1.807) is 0 Å². The van der Waals surface area contributed by atoms with Crippen LogP contribution < -0.4 is 11.5 Å². The van der Waals surface area contributed by atoms with Crippen LogP contribution in [0.25, 0.3) is 0 Å². The van der Waals surface area contributed by atoms with Gasteiger partial charge in [-0.1, -0.05) is 62.6 Å². The molecule has 0 aliphatic heterocycles. The van der Waals surface area contributed by atoms with Crippen LogP contribution in [0.1, 0.15) is 79.1 Å². The van der Waals surface area contributed by atoms with Crippen molar-refractivity contribution < 1.29 is 0 Å². The number of hydrogen-bond donors (Lipinski definition) is 2. The molecule has 0 saturated heterocycles. The Morgan fingerprint density at radius 2 is 1.74 bits per heavy atom. The minimum atomic E-state index is -0.173. The fourth-order valence-electron chi connectivity index (χ4n) is 5.60. The molecule has 0 aromatic carbocycles. The van der Waals surface area contributed by atoms with Gasteiger partial charge in [0, 0.05) is 15.4 Å². The maximum atomic E-state index is 7.02. The van der Waals surface area contributed by atoms with Crippen molar-refractivity contribution in [2.24, 2.45) is 40.1 Å². The molecule has 0 amide bonds. The average molecular weight is 434 g/mol. The number of alkyl halides is 1. The molecule has 5 unspecified atom stereocenters. The van der Waals surface area contributed by atoms with Gasteiger partial charge >= 0.3 is 0 Å². The molecular formula is C20H39IN2. The third-order valence-corrected chi connectivity index (χ3v) is 9.38. The molecule has 0 radical (unpaired) electrons. The van der Waals surface area contributed by atoms with Crippen molar-refractivity contribution in [2.75, 3.05) is 11.0 Å². The summed E-state index contributed by atoms with van der Waals surface area (Å²) >= 11 is 2.59. The molecule has 2 saturated carbocycles. The van der Waals surface area contributed by atoms with Crippen LogP contribution >= 0.6 is 22.6 Å². The summed E-state index contributed by atoms with van der Waals surface area (Å²) in [6, 6.07) is 0. The van der Waals surface area contributed by atoms with E-state index in [4.69, 9.17) is 11.5 Å². The number of nitrogens with two attached hydrogens (primary N) is 2. The lowest BCUT2D eigenvalue weighted by Crippen LogP contribution is -2.68. The summed E-state index contributed by atoms with van der Waals surface area (Å²) < 4.78 is 1.29.